The summed E-state index contributed by atoms with van der Waals surface area (Å²) in [5, 5.41) is 4.96. The minimum absolute atomic E-state index is 0.248. The number of benzene rings is 1. The van der Waals surface area contributed by atoms with Gasteiger partial charge in [-0.25, -0.2) is 5.43 Å². The van der Waals surface area contributed by atoms with Crippen LogP contribution in [0.25, 0.3) is 11.0 Å². The fraction of sp³-hybridized carbons (Fsp3) is 0.300. The summed E-state index contributed by atoms with van der Waals surface area (Å²) in [6.45, 7) is 0. The quantitative estimate of drug-likeness (QED) is 0.256. The first-order chi connectivity index (χ1) is 13.1. The van der Waals surface area contributed by atoms with E-state index < -0.39 is 0 Å². The van der Waals surface area contributed by atoms with Crippen molar-refractivity contribution in [3.8, 4) is 0 Å². The standard InChI is InChI=1S/C20H19BrIN3O2/c21-15-8-14-9-18(27-19(14)17(22)10-15)20(26)24-23-11-13-6-7-25(12-13)16-4-2-1-3-5-16/h6-12,16H,1-5H2,(H,24,26)/b23-11-. The summed E-state index contributed by atoms with van der Waals surface area (Å²) >= 11 is 5.65. The molecule has 0 radical (unpaired) electrons. The van der Waals surface area contributed by atoms with Crippen LogP contribution < -0.4 is 5.43 Å². The van der Waals surface area contributed by atoms with Gasteiger partial charge in [0.2, 0.25) is 0 Å². The number of hydrogen-bond donors (Lipinski definition) is 1. The van der Waals surface area contributed by atoms with E-state index in [1.54, 1.807) is 12.3 Å². The molecule has 0 spiro atoms. The fourth-order valence-electron chi connectivity index (χ4n) is 3.52. The van der Waals surface area contributed by atoms with Gasteiger partial charge in [0.05, 0.1) is 9.78 Å². The zero-order chi connectivity index (χ0) is 18.8. The van der Waals surface area contributed by atoms with Gasteiger partial charge in [-0.05, 0) is 59.7 Å². The van der Waals surface area contributed by atoms with Gasteiger partial charge in [-0.3, -0.25) is 4.79 Å². The van der Waals surface area contributed by atoms with E-state index in [2.05, 4.69) is 66.0 Å². The van der Waals surface area contributed by atoms with Crippen LogP contribution in [0.1, 0.15) is 54.3 Å². The van der Waals surface area contributed by atoms with Gasteiger partial charge in [0, 0.05) is 33.9 Å². The number of fused-ring (bicyclic) bond motifs is 1. The largest absolute Gasteiger partial charge is 0.450 e. The van der Waals surface area contributed by atoms with Crippen LogP contribution in [0, 0.1) is 3.57 Å². The molecule has 0 unspecified atom stereocenters. The minimum Gasteiger partial charge on any atom is -0.450 e. The molecule has 140 valence electrons. The van der Waals surface area contributed by atoms with Gasteiger partial charge in [0.1, 0.15) is 5.58 Å². The number of halogens is 2. The minimum atomic E-state index is -0.360. The molecule has 2 heterocycles. The van der Waals surface area contributed by atoms with Gasteiger partial charge in [-0.15, -0.1) is 0 Å². The maximum Gasteiger partial charge on any atom is 0.307 e. The summed E-state index contributed by atoms with van der Waals surface area (Å²) in [5.74, 6) is -0.112. The summed E-state index contributed by atoms with van der Waals surface area (Å²) in [4.78, 5) is 12.3. The molecular formula is C20H19BrIN3O2. The third-order valence-electron chi connectivity index (χ3n) is 4.87. The maximum absolute atomic E-state index is 12.3. The lowest BCUT2D eigenvalue weighted by atomic mass is 9.95. The van der Waals surface area contributed by atoms with Crippen LogP contribution in [0.2, 0.25) is 0 Å². The van der Waals surface area contributed by atoms with Gasteiger partial charge in [0.15, 0.2) is 5.76 Å². The topological polar surface area (TPSA) is 59.5 Å². The highest BCUT2D eigenvalue weighted by Gasteiger charge is 2.15. The van der Waals surface area contributed by atoms with E-state index in [9.17, 15) is 4.79 Å². The number of hydrogen-bond acceptors (Lipinski definition) is 3. The molecule has 1 aliphatic carbocycles. The Kier molecular flexibility index (Phi) is 5.68. The number of rotatable bonds is 4. The lowest BCUT2D eigenvalue weighted by Crippen LogP contribution is -2.16. The summed E-state index contributed by atoms with van der Waals surface area (Å²) in [6, 6.07) is 8.21. The molecule has 1 N–H and O–H groups in total. The number of aromatic nitrogens is 1. The van der Waals surface area contributed by atoms with Crippen molar-refractivity contribution in [3.63, 3.8) is 0 Å². The number of furan rings is 1. The van der Waals surface area contributed by atoms with E-state index in [0.29, 0.717) is 11.6 Å². The molecule has 1 aromatic carbocycles. The molecule has 1 fully saturated rings. The van der Waals surface area contributed by atoms with E-state index in [1.807, 2.05) is 18.2 Å². The highest BCUT2D eigenvalue weighted by molar-refractivity contribution is 14.1. The van der Waals surface area contributed by atoms with Crippen molar-refractivity contribution in [3.05, 3.63) is 56.0 Å². The summed E-state index contributed by atoms with van der Waals surface area (Å²) in [7, 11) is 0. The van der Waals surface area contributed by atoms with Gasteiger partial charge < -0.3 is 8.98 Å². The smallest absolute Gasteiger partial charge is 0.307 e. The van der Waals surface area contributed by atoms with Crippen molar-refractivity contribution in [2.24, 2.45) is 5.10 Å². The van der Waals surface area contributed by atoms with E-state index >= 15 is 0 Å². The third kappa shape index (κ3) is 4.29. The Labute approximate surface area is 179 Å². The maximum atomic E-state index is 12.3. The highest BCUT2D eigenvalue weighted by Crippen LogP contribution is 2.29. The predicted octanol–water partition coefficient (Wildman–Crippen LogP) is 5.87. The van der Waals surface area contributed by atoms with E-state index in [-0.39, 0.29) is 11.7 Å². The number of nitrogens with one attached hydrogen (secondary N) is 1. The normalized spacial score (nSPS) is 15.6. The van der Waals surface area contributed by atoms with Gasteiger partial charge >= 0.3 is 5.91 Å². The van der Waals surface area contributed by atoms with Crippen LogP contribution in [0.5, 0.6) is 0 Å². The highest BCUT2D eigenvalue weighted by atomic mass is 127. The molecule has 1 amide bonds. The van der Waals surface area contributed by atoms with Crippen molar-refractivity contribution in [2.45, 2.75) is 38.1 Å². The third-order valence-corrected chi connectivity index (χ3v) is 6.13. The summed E-state index contributed by atoms with van der Waals surface area (Å²) < 4.78 is 9.85. The van der Waals surface area contributed by atoms with E-state index in [1.165, 1.54) is 32.1 Å². The first-order valence-electron chi connectivity index (χ1n) is 8.99. The monoisotopic (exact) mass is 539 g/mol. The lowest BCUT2D eigenvalue weighted by Gasteiger charge is -2.23. The molecule has 0 atom stereocenters. The predicted molar refractivity (Wildman–Crippen MR) is 118 cm³/mol. The molecule has 7 heteroatoms. The van der Waals surface area contributed by atoms with Crippen molar-refractivity contribution in [2.75, 3.05) is 0 Å². The molecular weight excluding hydrogens is 521 g/mol. The molecule has 4 rings (SSSR count). The molecule has 1 aliphatic rings. The lowest BCUT2D eigenvalue weighted by molar-refractivity contribution is 0.0929. The van der Waals surface area contributed by atoms with E-state index in [4.69, 9.17) is 4.42 Å². The molecule has 0 aliphatic heterocycles. The number of nitrogens with zero attached hydrogens (tertiary/aromatic N) is 2. The van der Waals surface area contributed by atoms with Crippen molar-refractivity contribution in [1.29, 1.82) is 0 Å². The summed E-state index contributed by atoms with van der Waals surface area (Å²) in [6.07, 6.45) is 12.3. The molecule has 0 saturated heterocycles. The second kappa shape index (κ2) is 8.18. The van der Waals surface area contributed by atoms with Gasteiger partial charge in [-0.2, -0.15) is 5.10 Å². The Morgan fingerprint density at radius 2 is 2.11 bits per heavy atom. The van der Waals surface area contributed by atoms with Crippen LogP contribution in [-0.4, -0.2) is 16.7 Å². The SMILES string of the molecule is O=C(N/N=C\c1ccn(C2CCCCC2)c1)c1cc2cc(Br)cc(I)c2o1. The number of hydrazone groups is 1. The Morgan fingerprint density at radius 3 is 2.93 bits per heavy atom. The Morgan fingerprint density at radius 1 is 1.30 bits per heavy atom. The molecule has 2 aromatic heterocycles. The Hall–Kier alpha value is -1.61. The summed E-state index contributed by atoms with van der Waals surface area (Å²) in [5.41, 5.74) is 4.23. The van der Waals surface area contributed by atoms with Gasteiger partial charge in [0.25, 0.3) is 0 Å². The Balaban J connectivity index is 1.42. The number of amides is 1. The first kappa shape index (κ1) is 18.7. The van der Waals surface area contributed by atoms with Crippen LogP contribution in [0.4, 0.5) is 0 Å². The van der Waals surface area contributed by atoms with Crippen molar-refractivity contribution < 1.29 is 9.21 Å². The van der Waals surface area contributed by atoms with Crippen molar-refractivity contribution in [1.82, 2.24) is 9.99 Å². The molecule has 3 aromatic rings. The molecule has 5 nitrogen and oxygen atoms in total. The van der Waals surface area contributed by atoms with Crippen LogP contribution in [0.3, 0.4) is 0 Å². The number of carbonyl (C=O) groups is 1. The zero-order valence-electron chi connectivity index (χ0n) is 14.6. The average molecular weight is 540 g/mol. The van der Waals surface area contributed by atoms with Crippen LogP contribution in [0.15, 0.2) is 50.7 Å². The second-order valence-corrected chi connectivity index (χ2v) is 8.88. The van der Waals surface area contributed by atoms with Crippen molar-refractivity contribution >= 4 is 61.6 Å². The van der Waals surface area contributed by atoms with Crippen LogP contribution >= 0.6 is 38.5 Å². The van der Waals surface area contributed by atoms with Gasteiger partial charge in [-0.1, -0.05) is 35.2 Å². The molecule has 0 bridgehead atoms. The second-order valence-electron chi connectivity index (χ2n) is 6.80. The van der Waals surface area contributed by atoms with E-state index in [0.717, 1.165) is 19.0 Å². The molecule has 1 saturated carbocycles. The molecule has 27 heavy (non-hydrogen) atoms. The number of carbonyl (C=O) groups excluding carboxylic acids is 1. The van der Waals surface area contributed by atoms with Crippen LogP contribution in [-0.2, 0) is 0 Å². The Bertz CT molecular complexity index is 1000. The first-order valence-corrected chi connectivity index (χ1v) is 10.9. The zero-order valence-corrected chi connectivity index (χ0v) is 18.4. The fourth-order valence-corrected chi connectivity index (χ4v) is 5.18. The average Bonchev–Trinajstić information content (AvgIpc) is 3.29.